The van der Waals surface area contributed by atoms with Crippen LogP contribution in [-0.2, 0) is 4.79 Å². The Hall–Kier alpha value is -4.15. The van der Waals surface area contributed by atoms with Gasteiger partial charge in [0.1, 0.15) is 17.6 Å². The molecule has 172 valence electrons. The number of carbonyl (C=O) groups excluding carboxylic acids is 1. The Kier molecular flexibility index (Phi) is 7.21. The van der Waals surface area contributed by atoms with Crippen LogP contribution < -0.4 is 15.8 Å². The van der Waals surface area contributed by atoms with Gasteiger partial charge in [-0.2, -0.15) is 5.26 Å². The van der Waals surface area contributed by atoms with Gasteiger partial charge in [0.05, 0.1) is 17.3 Å². The molecule has 3 aromatic rings. The van der Waals surface area contributed by atoms with Crippen molar-refractivity contribution in [3.8, 4) is 17.6 Å². The fourth-order valence-electron chi connectivity index (χ4n) is 4.22. The minimum atomic E-state index is -0.497. The van der Waals surface area contributed by atoms with Crippen molar-refractivity contribution in [1.82, 2.24) is 9.88 Å². The number of nitriles is 1. The van der Waals surface area contributed by atoms with Gasteiger partial charge in [-0.3, -0.25) is 9.78 Å². The third-order valence-electron chi connectivity index (χ3n) is 6.00. The molecule has 2 atom stereocenters. The van der Waals surface area contributed by atoms with Crippen molar-refractivity contribution < 1.29 is 9.53 Å². The normalized spacial score (nSPS) is 15.9. The largest absolute Gasteiger partial charge is 0.457 e. The first-order chi connectivity index (χ1) is 16.6. The number of aromatic nitrogens is 1. The number of pyridine rings is 1. The SMILES string of the molecule is C=CC(=O)N1CCC[C@@H]1CNc1c(C#N)cncc1C(N)c1ccc(Oc2ccccc2)cc1. The molecule has 7 heteroatoms. The van der Waals surface area contributed by atoms with Crippen LogP contribution in [0.15, 0.2) is 79.6 Å². The van der Waals surface area contributed by atoms with E-state index in [9.17, 15) is 10.1 Å². The Morgan fingerprint density at radius 2 is 1.97 bits per heavy atom. The van der Waals surface area contributed by atoms with E-state index in [4.69, 9.17) is 10.5 Å². The maximum atomic E-state index is 12.1. The van der Waals surface area contributed by atoms with Crippen LogP contribution in [0, 0.1) is 11.3 Å². The van der Waals surface area contributed by atoms with Crippen molar-refractivity contribution in [2.45, 2.75) is 24.9 Å². The molecule has 1 unspecified atom stereocenters. The van der Waals surface area contributed by atoms with Gasteiger partial charge in [0.25, 0.3) is 0 Å². The molecule has 2 aromatic carbocycles. The number of para-hydroxylation sites is 1. The average molecular weight is 454 g/mol. The number of nitrogens with one attached hydrogen (secondary N) is 1. The first-order valence-corrected chi connectivity index (χ1v) is 11.2. The van der Waals surface area contributed by atoms with Gasteiger partial charge in [-0.1, -0.05) is 36.9 Å². The quantitative estimate of drug-likeness (QED) is 0.491. The van der Waals surface area contributed by atoms with Crippen molar-refractivity contribution in [1.29, 1.82) is 5.26 Å². The third kappa shape index (κ3) is 5.08. The summed E-state index contributed by atoms with van der Waals surface area (Å²) in [5.41, 5.74) is 9.26. The molecule has 1 aliphatic rings. The maximum Gasteiger partial charge on any atom is 0.246 e. The molecular formula is C27H27N5O2. The summed E-state index contributed by atoms with van der Waals surface area (Å²) in [6.07, 6.45) is 6.39. The van der Waals surface area contributed by atoms with Crippen LogP contribution in [0.5, 0.6) is 11.5 Å². The number of nitrogens with two attached hydrogens (primary N) is 1. The minimum Gasteiger partial charge on any atom is -0.457 e. The highest BCUT2D eigenvalue weighted by atomic mass is 16.5. The van der Waals surface area contributed by atoms with Crippen molar-refractivity contribution in [2.75, 3.05) is 18.4 Å². The molecule has 1 aromatic heterocycles. The Balaban J connectivity index is 1.53. The van der Waals surface area contributed by atoms with Gasteiger partial charge in [0.15, 0.2) is 0 Å². The van der Waals surface area contributed by atoms with Crippen molar-refractivity contribution in [3.05, 3.63) is 96.3 Å². The number of hydrogen-bond acceptors (Lipinski definition) is 6. The second kappa shape index (κ2) is 10.6. The van der Waals surface area contributed by atoms with Gasteiger partial charge in [-0.05, 0) is 48.7 Å². The molecule has 1 amide bonds. The first kappa shape index (κ1) is 23.0. The Morgan fingerprint density at radius 1 is 1.24 bits per heavy atom. The lowest BCUT2D eigenvalue weighted by Crippen LogP contribution is -2.38. The molecule has 0 aliphatic carbocycles. The molecule has 2 heterocycles. The topological polar surface area (TPSA) is 104 Å². The third-order valence-corrected chi connectivity index (χ3v) is 6.00. The van der Waals surface area contributed by atoms with E-state index in [0.717, 1.165) is 29.7 Å². The van der Waals surface area contributed by atoms with Gasteiger partial charge in [-0.25, -0.2) is 0 Å². The van der Waals surface area contributed by atoms with E-state index < -0.39 is 6.04 Å². The minimum absolute atomic E-state index is 0.0312. The zero-order valence-corrected chi connectivity index (χ0v) is 18.9. The van der Waals surface area contributed by atoms with Crippen LogP contribution in [0.2, 0.25) is 0 Å². The molecule has 1 aliphatic heterocycles. The molecule has 3 N–H and O–H groups in total. The number of hydrogen-bond donors (Lipinski definition) is 2. The highest BCUT2D eigenvalue weighted by Gasteiger charge is 2.28. The summed E-state index contributed by atoms with van der Waals surface area (Å²) in [7, 11) is 0. The fraction of sp³-hybridized carbons (Fsp3) is 0.222. The van der Waals surface area contributed by atoms with Gasteiger partial charge >= 0.3 is 0 Å². The summed E-state index contributed by atoms with van der Waals surface area (Å²) < 4.78 is 5.87. The number of benzene rings is 2. The first-order valence-electron chi connectivity index (χ1n) is 11.2. The zero-order chi connectivity index (χ0) is 23.9. The van der Waals surface area contributed by atoms with Crippen LogP contribution in [0.25, 0.3) is 0 Å². The number of rotatable bonds is 8. The van der Waals surface area contributed by atoms with Crippen molar-refractivity contribution in [2.24, 2.45) is 5.73 Å². The lowest BCUT2D eigenvalue weighted by molar-refractivity contribution is -0.126. The lowest BCUT2D eigenvalue weighted by atomic mass is 9.97. The van der Waals surface area contributed by atoms with E-state index in [2.05, 4.69) is 22.9 Å². The fourth-order valence-corrected chi connectivity index (χ4v) is 4.22. The predicted octanol–water partition coefficient (Wildman–Crippen LogP) is 4.38. The van der Waals surface area contributed by atoms with Gasteiger partial charge in [-0.15, -0.1) is 0 Å². The highest BCUT2D eigenvalue weighted by Crippen LogP contribution is 2.31. The van der Waals surface area contributed by atoms with Crippen LogP contribution >= 0.6 is 0 Å². The highest BCUT2D eigenvalue weighted by molar-refractivity contribution is 5.87. The predicted molar refractivity (Wildman–Crippen MR) is 131 cm³/mol. The standard InChI is InChI=1S/C27H27N5O2/c1-2-25(33)32-14-6-7-21(32)17-31-27-20(15-28)16-30-18-24(27)26(29)19-10-12-23(13-11-19)34-22-8-4-3-5-9-22/h2-5,8-13,16,18,21,26H,1,6-7,14,17,29H2,(H,30,31)/t21-,26?/m1/s1. The van der Waals surface area contributed by atoms with Crippen LogP contribution in [0.1, 0.15) is 35.6 Å². The molecule has 7 nitrogen and oxygen atoms in total. The Bertz CT molecular complexity index is 1190. The number of likely N-dealkylation sites (tertiary alicyclic amines) is 1. The van der Waals surface area contributed by atoms with Crippen molar-refractivity contribution in [3.63, 3.8) is 0 Å². The molecule has 0 saturated carbocycles. The molecule has 0 spiro atoms. The molecule has 1 saturated heterocycles. The second-order valence-corrected chi connectivity index (χ2v) is 8.14. The van der Waals surface area contributed by atoms with E-state index >= 15 is 0 Å². The average Bonchev–Trinajstić information content (AvgIpc) is 3.36. The number of ether oxygens (including phenoxy) is 1. The van der Waals surface area contributed by atoms with Crippen LogP contribution in [0.4, 0.5) is 5.69 Å². The molecule has 0 bridgehead atoms. The summed E-state index contributed by atoms with van der Waals surface area (Å²) in [6, 6.07) is 18.9. The van der Waals surface area contributed by atoms with E-state index in [1.807, 2.05) is 59.5 Å². The summed E-state index contributed by atoms with van der Waals surface area (Å²) >= 11 is 0. The molecule has 34 heavy (non-hydrogen) atoms. The number of carbonyl (C=O) groups is 1. The summed E-state index contributed by atoms with van der Waals surface area (Å²) in [4.78, 5) is 18.2. The van der Waals surface area contributed by atoms with Crippen molar-refractivity contribution >= 4 is 11.6 Å². The zero-order valence-electron chi connectivity index (χ0n) is 18.9. The Labute approximate surface area is 199 Å². The number of anilines is 1. The van der Waals surface area contributed by atoms with Crippen LogP contribution in [-0.4, -0.2) is 34.9 Å². The molecule has 1 fully saturated rings. The lowest BCUT2D eigenvalue weighted by Gasteiger charge is -2.25. The van der Waals surface area contributed by atoms with E-state index in [1.165, 1.54) is 12.3 Å². The summed E-state index contributed by atoms with van der Waals surface area (Å²) in [5, 5.41) is 13.1. The monoisotopic (exact) mass is 453 g/mol. The second-order valence-electron chi connectivity index (χ2n) is 8.14. The number of nitrogens with zero attached hydrogens (tertiary/aromatic N) is 3. The van der Waals surface area contributed by atoms with E-state index in [0.29, 0.717) is 30.1 Å². The van der Waals surface area contributed by atoms with Gasteiger partial charge in [0, 0.05) is 37.1 Å². The van der Waals surface area contributed by atoms with E-state index in [-0.39, 0.29) is 11.9 Å². The molecular weight excluding hydrogens is 426 g/mol. The van der Waals surface area contributed by atoms with Gasteiger partial charge in [0.2, 0.25) is 5.91 Å². The maximum absolute atomic E-state index is 12.1. The van der Waals surface area contributed by atoms with Gasteiger partial charge < -0.3 is 20.7 Å². The smallest absolute Gasteiger partial charge is 0.246 e. The summed E-state index contributed by atoms with van der Waals surface area (Å²) in [5.74, 6) is 1.39. The molecule has 0 radical (unpaired) electrons. The number of amides is 1. The Morgan fingerprint density at radius 3 is 2.68 bits per heavy atom. The molecule has 4 rings (SSSR count). The van der Waals surface area contributed by atoms with Crippen LogP contribution in [0.3, 0.4) is 0 Å². The van der Waals surface area contributed by atoms with E-state index in [1.54, 1.807) is 6.20 Å². The summed E-state index contributed by atoms with van der Waals surface area (Å²) in [6.45, 7) is 4.82.